The van der Waals surface area contributed by atoms with Crippen LogP contribution in [-0.4, -0.2) is 35.2 Å². The molecule has 114 valence electrons. The first-order chi connectivity index (χ1) is 10.5. The van der Waals surface area contributed by atoms with Crippen molar-refractivity contribution in [2.45, 2.75) is 18.6 Å². The highest BCUT2D eigenvalue weighted by Crippen LogP contribution is 2.52. The van der Waals surface area contributed by atoms with Crippen LogP contribution in [0.2, 0.25) is 5.02 Å². The molecule has 2 saturated heterocycles. The van der Waals surface area contributed by atoms with E-state index in [0.717, 1.165) is 5.56 Å². The fourth-order valence-electron chi connectivity index (χ4n) is 3.74. The average molecular weight is 320 g/mol. The van der Waals surface area contributed by atoms with Gasteiger partial charge in [-0.1, -0.05) is 29.8 Å². The molecule has 1 aromatic carbocycles. The molecule has 0 unspecified atom stereocenters. The lowest BCUT2D eigenvalue weighted by atomic mass is 9.77. The van der Waals surface area contributed by atoms with E-state index in [0.29, 0.717) is 10.7 Å². The van der Waals surface area contributed by atoms with Crippen LogP contribution in [0.3, 0.4) is 0 Å². The van der Waals surface area contributed by atoms with E-state index in [1.165, 1.54) is 4.90 Å². The summed E-state index contributed by atoms with van der Waals surface area (Å²) < 4.78 is 5.70. The Hall–Kier alpha value is -1.69. The number of fused-ring (bicyclic) bond motifs is 5. The van der Waals surface area contributed by atoms with Gasteiger partial charge >= 0.3 is 0 Å². The zero-order chi connectivity index (χ0) is 15.6. The molecule has 4 rings (SSSR count). The van der Waals surface area contributed by atoms with Gasteiger partial charge in [0, 0.05) is 5.02 Å². The lowest BCUT2D eigenvalue weighted by Gasteiger charge is -2.26. The second-order valence-corrected chi connectivity index (χ2v) is 6.44. The van der Waals surface area contributed by atoms with Gasteiger partial charge in [0.15, 0.2) is 0 Å². The Labute approximate surface area is 132 Å². The molecule has 0 radical (unpaired) electrons. The molecule has 1 N–H and O–H groups in total. The van der Waals surface area contributed by atoms with Gasteiger partial charge in [-0.25, -0.2) is 4.90 Å². The number of benzene rings is 1. The number of amides is 2. The number of rotatable bonds is 2. The highest BCUT2D eigenvalue weighted by molar-refractivity contribution is 6.31. The van der Waals surface area contributed by atoms with E-state index in [2.05, 4.69) is 0 Å². The van der Waals surface area contributed by atoms with Gasteiger partial charge in [-0.15, -0.1) is 0 Å². The van der Waals surface area contributed by atoms with Crippen molar-refractivity contribution in [3.63, 3.8) is 0 Å². The summed E-state index contributed by atoms with van der Waals surface area (Å²) in [5.41, 5.74) is 0.235. The maximum absolute atomic E-state index is 12.9. The van der Waals surface area contributed by atoms with Crippen molar-refractivity contribution in [1.82, 2.24) is 0 Å². The minimum absolute atomic E-state index is 0.287. The van der Waals surface area contributed by atoms with E-state index < -0.39 is 23.5 Å². The maximum Gasteiger partial charge on any atom is 0.241 e. The quantitative estimate of drug-likeness (QED) is 0.662. The molecule has 5 nitrogen and oxygen atoms in total. The zero-order valence-electron chi connectivity index (χ0n) is 11.8. The van der Waals surface area contributed by atoms with Gasteiger partial charge in [0.05, 0.1) is 30.2 Å². The average Bonchev–Trinajstić information content (AvgIpc) is 3.14. The number of ether oxygens (including phenoxy) is 1. The number of carbonyl (C=O) groups excluding carboxylic acids is 2. The zero-order valence-corrected chi connectivity index (χ0v) is 12.6. The number of anilines is 1. The standard InChI is InChI=1S/C16H14ClNO4/c1-8-2-3-9(17)6-10(8)18-14(20)12-11-4-5-16(7-19,22-11)13(12)15(18)21/h2-6,11-13,19H,7H2,1H3/t11-,12-,13-,16-/m0/s1. The predicted molar refractivity (Wildman–Crippen MR) is 79.5 cm³/mol. The van der Waals surface area contributed by atoms with Crippen molar-refractivity contribution in [3.8, 4) is 0 Å². The van der Waals surface area contributed by atoms with Crippen molar-refractivity contribution < 1.29 is 19.4 Å². The number of imide groups is 1. The molecule has 2 fully saturated rings. The molecule has 2 amide bonds. The highest BCUT2D eigenvalue weighted by Gasteiger charge is 2.67. The molecule has 0 aromatic heterocycles. The van der Waals surface area contributed by atoms with E-state index in [1.54, 1.807) is 30.4 Å². The summed E-state index contributed by atoms with van der Waals surface area (Å²) in [5, 5.41) is 10.1. The number of aliphatic hydroxyl groups is 1. The van der Waals surface area contributed by atoms with E-state index in [4.69, 9.17) is 16.3 Å². The minimum Gasteiger partial charge on any atom is -0.393 e. The van der Waals surface area contributed by atoms with Crippen LogP contribution in [0.25, 0.3) is 0 Å². The van der Waals surface area contributed by atoms with Gasteiger partial charge in [-0.2, -0.15) is 0 Å². The third kappa shape index (κ3) is 1.56. The third-order valence-corrected chi connectivity index (χ3v) is 5.05. The summed E-state index contributed by atoms with van der Waals surface area (Å²) in [6.45, 7) is 1.51. The number of nitrogens with zero attached hydrogens (tertiary/aromatic N) is 1. The summed E-state index contributed by atoms with van der Waals surface area (Å²) in [4.78, 5) is 26.8. The first-order valence-electron chi connectivity index (χ1n) is 7.10. The topological polar surface area (TPSA) is 66.8 Å². The molecule has 0 aliphatic carbocycles. The van der Waals surface area contributed by atoms with Gasteiger partial charge in [-0.05, 0) is 24.6 Å². The van der Waals surface area contributed by atoms with Gasteiger partial charge in [-0.3, -0.25) is 9.59 Å². The van der Waals surface area contributed by atoms with Crippen LogP contribution in [0.15, 0.2) is 30.4 Å². The summed E-state index contributed by atoms with van der Waals surface area (Å²) in [7, 11) is 0. The lowest BCUT2D eigenvalue weighted by molar-refractivity contribution is -0.128. The van der Waals surface area contributed by atoms with Gasteiger partial charge in [0.1, 0.15) is 5.60 Å². The van der Waals surface area contributed by atoms with Crippen LogP contribution >= 0.6 is 11.6 Å². The second kappa shape index (κ2) is 4.41. The monoisotopic (exact) mass is 319 g/mol. The molecule has 6 heteroatoms. The van der Waals surface area contributed by atoms with Gasteiger partial charge < -0.3 is 9.84 Å². The number of hydrogen-bond acceptors (Lipinski definition) is 4. The predicted octanol–water partition coefficient (Wildman–Crippen LogP) is 1.45. The van der Waals surface area contributed by atoms with E-state index in [-0.39, 0.29) is 18.4 Å². The molecule has 4 atom stereocenters. The van der Waals surface area contributed by atoms with Crippen molar-refractivity contribution in [2.24, 2.45) is 11.8 Å². The Morgan fingerprint density at radius 1 is 1.36 bits per heavy atom. The third-order valence-electron chi connectivity index (χ3n) is 4.81. The number of carbonyl (C=O) groups is 2. The molecule has 3 aliphatic rings. The number of hydrogen-bond donors (Lipinski definition) is 1. The number of aryl methyl sites for hydroxylation is 1. The van der Waals surface area contributed by atoms with Crippen LogP contribution in [0.4, 0.5) is 5.69 Å². The summed E-state index contributed by atoms with van der Waals surface area (Å²) in [6, 6.07) is 5.11. The van der Waals surface area contributed by atoms with Crippen molar-refractivity contribution in [1.29, 1.82) is 0 Å². The van der Waals surface area contributed by atoms with E-state index in [9.17, 15) is 14.7 Å². The van der Waals surface area contributed by atoms with Crippen LogP contribution in [0.5, 0.6) is 0 Å². The molecule has 0 saturated carbocycles. The van der Waals surface area contributed by atoms with Crippen LogP contribution in [-0.2, 0) is 14.3 Å². The van der Waals surface area contributed by atoms with E-state index >= 15 is 0 Å². The van der Waals surface area contributed by atoms with Crippen molar-refractivity contribution in [2.75, 3.05) is 11.5 Å². The van der Waals surface area contributed by atoms with Crippen LogP contribution in [0, 0.1) is 18.8 Å². The number of halogens is 1. The molecule has 2 bridgehead atoms. The highest BCUT2D eigenvalue weighted by atomic mass is 35.5. The van der Waals surface area contributed by atoms with Crippen LogP contribution in [0.1, 0.15) is 5.56 Å². The Kier molecular flexibility index (Phi) is 2.79. The second-order valence-electron chi connectivity index (χ2n) is 6.00. The first-order valence-corrected chi connectivity index (χ1v) is 7.48. The Bertz CT molecular complexity index is 731. The van der Waals surface area contributed by atoms with Crippen LogP contribution < -0.4 is 4.90 Å². The Balaban J connectivity index is 1.81. The Morgan fingerprint density at radius 2 is 2.14 bits per heavy atom. The van der Waals surface area contributed by atoms with Gasteiger partial charge in [0.2, 0.25) is 11.8 Å². The lowest BCUT2D eigenvalue weighted by Crippen LogP contribution is -2.43. The first kappa shape index (κ1) is 13.9. The molecule has 0 spiro atoms. The molecule has 3 aliphatic heterocycles. The molecule has 22 heavy (non-hydrogen) atoms. The van der Waals surface area contributed by atoms with Crippen molar-refractivity contribution in [3.05, 3.63) is 40.9 Å². The SMILES string of the molecule is Cc1ccc(Cl)cc1N1C(=O)[C@H]2[C@@H]3C=C[C@@](CO)(O3)[C@@H]2C1=O. The summed E-state index contributed by atoms with van der Waals surface area (Å²) >= 11 is 6.01. The summed E-state index contributed by atoms with van der Waals surface area (Å²) in [5.74, 6) is -1.85. The molecule has 3 heterocycles. The fourth-order valence-corrected chi connectivity index (χ4v) is 3.91. The van der Waals surface area contributed by atoms with E-state index in [1.807, 2.05) is 6.92 Å². The molecular weight excluding hydrogens is 306 g/mol. The normalized spacial score (nSPS) is 35.6. The fraction of sp³-hybridized carbons (Fsp3) is 0.375. The number of aliphatic hydroxyl groups excluding tert-OH is 1. The molecular formula is C16H14ClNO4. The smallest absolute Gasteiger partial charge is 0.241 e. The largest absolute Gasteiger partial charge is 0.393 e. The van der Waals surface area contributed by atoms with Crippen molar-refractivity contribution >= 4 is 29.1 Å². The van der Waals surface area contributed by atoms with Gasteiger partial charge in [0.25, 0.3) is 0 Å². The molecule has 1 aromatic rings. The Morgan fingerprint density at radius 3 is 2.86 bits per heavy atom. The minimum atomic E-state index is -1.07. The summed E-state index contributed by atoms with van der Waals surface area (Å²) in [6.07, 6.45) is 3.02. The maximum atomic E-state index is 12.9.